The molecular formula is C18H27ClFN3O. The van der Waals surface area contributed by atoms with Crippen LogP contribution in [0.5, 0.6) is 0 Å². The quantitative estimate of drug-likeness (QED) is 0.812. The van der Waals surface area contributed by atoms with Crippen LogP contribution < -0.4 is 0 Å². The minimum atomic E-state index is -0.375. The Balaban J connectivity index is 1.95. The van der Waals surface area contributed by atoms with Crippen molar-refractivity contribution in [3.8, 4) is 0 Å². The molecule has 0 N–H and O–H groups in total. The minimum absolute atomic E-state index is 0.00711. The molecule has 1 fully saturated rings. The predicted molar refractivity (Wildman–Crippen MR) is 95.6 cm³/mol. The molecule has 1 aromatic carbocycles. The lowest BCUT2D eigenvalue weighted by Crippen LogP contribution is -2.55. The molecule has 0 radical (unpaired) electrons. The number of likely N-dealkylation sites (N-methyl/N-ethyl adjacent to an activating group) is 1. The smallest absolute Gasteiger partial charge is 0.239 e. The largest absolute Gasteiger partial charge is 0.340 e. The zero-order chi connectivity index (χ0) is 17.9. The third-order valence-electron chi connectivity index (χ3n) is 4.82. The number of benzene rings is 1. The van der Waals surface area contributed by atoms with Gasteiger partial charge in [-0.1, -0.05) is 17.7 Å². The molecule has 2 rings (SSSR count). The SMILES string of the molecule is CC(C)N1CCN(C(C)C(=O)N(C)Cc2c(F)cccc2Cl)CC1. The molecule has 4 nitrogen and oxygen atoms in total. The monoisotopic (exact) mass is 355 g/mol. The van der Waals surface area contributed by atoms with Crippen molar-refractivity contribution in [2.45, 2.75) is 39.4 Å². The number of rotatable bonds is 5. The first-order chi connectivity index (χ1) is 11.3. The molecule has 134 valence electrons. The maximum absolute atomic E-state index is 13.9. The lowest BCUT2D eigenvalue weighted by Gasteiger charge is -2.40. The van der Waals surface area contributed by atoms with E-state index in [1.165, 1.54) is 6.07 Å². The van der Waals surface area contributed by atoms with Crippen LogP contribution in [0.1, 0.15) is 26.3 Å². The van der Waals surface area contributed by atoms with Crippen LogP contribution >= 0.6 is 11.6 Å². The number of amides is 1. The third-order valence-corrected chi connectivity index (χ3v) is 5.17. The van der Waals surface area contributed by atoms with Gasteiger partial charge in [0.2, 0.25) is 5.91 Å². The van der Waals surface area contributed by atoms with Gasteiger partial charge in [-0.25, -0.2) is 4.39 Å². The Labute approximate surface area is 149 Å². The van der Waals surface area contributed by atoms with Gasteiger partial charge in [-0.2, -0.15) is 0 Å². The molecular weight excluding hydrogens is 329 g/mol. The van der Waals surface area contributed by atoms with Gasteiger partial charge in [0, 0.05) is 56.4 Å². The Morgan fingerprint density at radius 3 is 2.33 bits per heavy atom. The molecule has 1 atom stereocenters. The molecule has 0 bridgehead atoms. The van der Waals surface area contributed by atoms with E-state index in [0.29, 0.717) is 16.6 Å². The van der Waals surface area contributed by atoms with Gasteiger partial charge in [-0.15, -0.1) is 0 Å². The average molecular weight is 356 g/mol. The molecule has 0 saturated carbocycles. The maximum atomic E-state index is 13.9. The first-order valence-corrected chi connectivity index (χ1v) is 8.85. The summed E-state index contributed by atoms with van der Waals surface area (Å²) in [4.78, 5) is 18.9. The highest BCUT2D eigenvalue weighted by Gasteiger charge is 2.28. The topological polar surface area (TPSA) is 26.8 Å². The van der Waals surface area contributed by atoms with Crippen molar-refractivity contribution in [3.63, 3.8) is 0 Å². The summed E-state index contributed by atoms with van der Waals surface area (Å²) in [5, 5.41) is 0.354. The van der Waals surface area contributed by atoms with Crippen LogP contribution in [0.25, 0.3) is 0 Å². The van der Waals surface area contributed by atoms with E-state index in [4.69, 9.17) is 11.6 Å². The molecule has 0 spiro atoms. The number of hydrogen-bond donors (Lipinski definition) is 0. The second-order valence-corrected chi connectivity index (χ2v) is 7.14. The molecule has 1 aromatic rings. The van der Waals surface area contributed by atoms with E-state index >= 15 is 0 Å². The summed E-state index contributed by atoms with van der Waals surface area (Å²) < 4.78 is 13.9. The second-order valence-electron chi connectivity index (χ2n) is 6.74. The van der Waals surface area contributed by atoms with Crippen LogP contribution in [0.4, 0.5) is 4.39 Å². The Morgan fingerprint density at radius 1 is 1.21 bits per heavy atom. The fraction of sp³-hybridized carbons (Fsp3) is 0.611. The number of nitrogens with zero attached hydrogens (tertiary/aromatic N) is 3. The molecule has 1 saturated heterocycles. The number of carbonyl (C=O) groups is 1. The molecule has 1 heterocycles. The summed E-state index contributed by atoms with van der Waals surface area (Å²) in [6.45, 7) is 10.2. The Bertz CT molecular complexity index is 553. The maximum Gasteiger partial charge on any atom is 0.239 e. The van der Waals surface area contributed by atoms with Crippen molar-refractivity contribution in [3.05, 3.63) is 34.6 Å². The van der Waals surface area contributed by atoms with Crippen LogP contribution in [-0.2, 0) is 11.3 Å². The van der Waals surface area contributed by atoms with Gasteiger partial charge in [0.15, 0.2) is 0 Å². The first kappa shape index (κ1) is 19.2. The Hall–Kier alpha value is -1.17. The van der Waals surface area contributed by atoms with Crippen LogP contribution in [-0.4, -0.2) is 65.9 Å². The van der Waals surface area contributed by atoms with Crippen molar-refractivity contribution in [1.29, 1.82) is 0 Å². The summed E-state index contributed by atoms with van der Waals surface area (Å²) in [7, 11) is 1.70. The van der Waals surface area contributed by atoms with Gasteiger partial charge in [0.25, 0.3) is 0 Å². The summed E-state index contributed by atoms with van der Waals surface area (Å²) in [6.07, 6.45) is 0. The third kappa shape index (κ3) is 4.47. The van der Waals surface area contributed by atoms with Crippen LogP contribution in [0.3, 0.4) is 0 Å². The van der Waals surface area contributed by atoms with E-state index in [0.717, 1.165) is 26.2 Å². The molecule has 1 unspecified atom stereocenters. The van der Waals surface area contributed by atoms with Crippen molar-refractivity contribution in [2.75, 3.05) is 33.2 Å². The normalized spacial score (nSPS) is 18.0. The highest BCUT2D eigenvalue weighted by atomic mass is 35.5. The summed E-state index contributed by atoms with van der Waals surface area (Å²) in [6, 6.07) is 4.90. The molecule has 24 heavy (non-hydrogen) atoms. The predicted octanol–water partition coefficient (Wildman–Crippen LogP) is 2.85. The minimum Gasteiger partial charge on any atom is -0.340 e. The molecule has 1 aliphatic rings. The van der Waals surface area contributed by atoms with Crippen molar-refractivity contribution in [2.24, 2.45) is 0 Å². The van der Waals surface area contributed by atoms with Crippen molar-refractivity contribution < 1.29 is 9.18 Å². The number of hydrogen-bond acceptors (Lipinski definition) is 3. The molecule has 6 heteroatoms. The molecule has 0 aliphatic carbocycles. The van der Waals surface area contributed by atoms with Crippen LogP contribution in [0.2, 0.25) is 5.02 Å². The van der Waals surface area contributed by atoms with Crippen LogP contribution in [0, 0.1) is 5.82 Å². The lowest BCUT2D eigenvalue weighted by molar-refractivity contribution is -0.136. The fourth-order valence-corrected chi connectivity index (χ4v) is 3.34. The number of piperazine rings is 1. The standard InChI is InChI=1S/C18H27ClFN3O/c1-13(2)22-8-10-23(11-9-22)14(3)18(24)21(4)12-15-16(19)6-5-7-17(15)20/h5-7,13-14H,8-12H2,1-4H3. The van der Waals surface area contributed by atoms with E-state index in [2.05, 4.69) is 23.6 Å². The van der Waals surface area contributed by atoms with E-state index in [1.54, 1.807) is 24.1 Å². The Morgan fingerprint density at radius 2 is 1.79 bits per heavy atom. The van der Waals surface area contributed by atoms with E-state index < -0.39 is 0 Å². The van der Waals surface area contributed by atoms with Gasteiger partial charge < -0.3 is 4.90 Å². The summed E-state index contributed by atoms with van der Waals surface area (Å²) in [5.74, 6) is -0.382. The van der Waals surface area contributed by atoms with Crippen molar-refractivity contribution >= 4 is 17.5 Å². The highest BCUT2D eigenvalue weighted by molar-refractivity contribution is 6.31. The van der Waals surface area contributed by atoms with Gasteiger partial charge in [0.1, 0.15) is 5.82 Å². The molecule has 1 amide bonds. The molecule has 1 aliphatic heterocycles. The van der Waals surface area contributed by atoms with Crippen LogP contribution in [0.15, 0.2) is 18.2 Å². The zero-order valence-electron chi connectivity index (χ0n) is 14.9. The zero-order valence-corrected chi connectivity index (χ0v) is 15.7. The van der Waals surface area contributed by atoms with Crippen molar-refractivity contribution in [1.82, 2.24) is 14.7 Å². The second kappa shape index (κ2) is 8.28. The summed E-state index contributed by atoms with van der Waals surface area (Å²) in [5.41, 5.74) is 0.367. The fourth-order valence-electron chi connectivity index (χ4n) is 3.11. The lowest BCUT2D eigenvalue weighted by atomic mass is 10.1. The number of halogens is 2. The van der Waals surface area contributed by atoms with E-state index in [9.17, 15) is 9.18 Å². The Kier molecular flexibility index (Phi) is 6.61. The van der Waals surface area contributed by atoms with E-state index in [1.807, 2.05) is 6.92 Å². The summed E-state index contributed by atoms with van der Waals surface area (Å²) >= 11 is 6.06. The first-order valence-electron chi connectivity index (χ1n) is 8.47. The van der Waals surface area contributed by atoms with Gasteiger partial charge in [-0.05, 0) is 32.9 Å². The number of carbonyl (C=O) groups excluding carboxylic acids is 1. The molecule has 0 aromatic heterocycles. The van der Waals surface area contributed by atoms with Gasteiger partial charge >= 0.3 is 0 Å². The average Bonchev–Trinajstić information content (AvgIpc) is 2.56. The highest BCUT2D eigenvalue weighted by Crippen LogP contribution is 2.21. The van der Waals surface area contributed by atoms with Gasteiger partial charge in [0.05, 0.1) is 6.04 Å². The van der Waals surface area contributed by atoms with Gasteiger partial charge in [-0.3, -0.25) is 14.6 Å². The van der Waals surface area contributed by atoms with E-state index in [-0.39, 0.29) is 24.3 Å².